The second-order valence-corrected chi connectivity index (χ2v) is 6.96. The monoisotopic (exact) mass is 441 g/mol. The van der Waals surface area contributed by atoms with Gasteiger partial charge in [0.25, 0.3) is 0 Å². The topological polar surface area (TPSA) is 145 Å². The van der Waals surface area contributed by atoms with E-state index in [1.807, 2.05) is 0 Å². The van der Waals surface area contributed by atoms with Gasteiger partial charge in [-0.2, -0.15) is 5.10 Å². The fourth-order valence-electron chi connectivity index (χ4n) is 3.25. The molecule has 0 aliphatic heterocycles. The van der Waals surface area contributed by atoms with Crippen LogP contribution < -0.4 is 10.5 Å². The molecule has 0 spiro atoms. The van der Waals surface area contributed by atoms with Gasteiger partial charge < -0.3 is 20.7 Å². The minimum Gasteiger partial charge on any atom is -0.495 e. The van der Waals surface area contributed by atoms with E-state index in [4.69, 9.17) is 10.5 Å². The van der Waals surface area contributed by atoms with Gasteiger partial charge in [-0.15, -0.1) is 0 Å². The van der Waals surface area contributed by atoms with Gasteiger partial charge in [0.15, 0.2) is 11.9 Å². The first-order valence-corrected chi connectivity index (χ1v) is 9.40. The number of aliphatic hydroxyl groups is 1. The summed E-state index contributed by atoms with van der Waals surface area (Å²) in [6.07, 6.45) is 1.58. The van der Waals surface area contributed by atoms with Gasteiger partial charge in [0.05, 0.1) is 35.8 Å². The zero-order valence-electron chi connectivity index (χ0n) is 17.2. The molecular formula is C22H20FN3O6. The number of ether oxygens (including phenoxy) is 1. The van der Waals surface area contributed by atoms with Crippen molar-refractivity contribution in [3.63, 3.8) is 0 Å². The smallest absolute Gasteiger partial charge is 0.339 e. The fraction of sp³-hybridized carbons (Fsp3) is 0.182. The number of carbonyl (C=O) groups excluding carboxylic acids is 2. The van der Waals surface area contributed by atoms with Crippen molar-refractivity contribution in [2.24, 2.45) is 5.73 Å². The van der Waals surface area contributed by atoms with Gasteiger partial charge in [-0.25, -0.2) is 9.18 Å². The van der Waals surface area contributed by atoms with Gasteiger partial charge in [0.2, 0.25) is 5.91 Å². The van der Waals surface area contributed by atoms with Crippen LogP contribution in [0.3, 0.4) is 0 Å². The molecule has 0 radical (unpaired) electrons. The predicted molar refractivity (Wildman–Crippen MR) is 114 cm³/mol. The van der Waals surface area contributed by atoms with Gasteiger partial charge in [-0.05, 0) is 42.8 Å². The maximum Gasteiger partial charge on any atom is 0.339 e. The highest BCUT2D eigenvalue weighted by Crippen LogP contribution is 2.34. The molecule has 0 aliphatic rings. The van der Waals surface area contributed by atoms with E-state index in [1.165, 1.54) is 55.1 Å². The molecule has 10 heteroatoms. The molecule has 2 aromatic carbocycles. The minimum absolute atomic E-state index is 0.0398. The lowest BCUT2D eigenvalue weighted by Gasteiger charge is -2.09. The Hall–Kier alpha value is -4.05. The Labute approximate surface area is 181 Å². The molecule has 1 atom stereocenters. The van der Waals surface area contributed by atoms with Crippen LogP contribution in [-0.2, 0) is 11.3 Å². The van der Waals surface area contributed by atoms with Crippen LogP contribution in [0.5, 0.6) is 5.75 Å². The summed E-state index contributed by atoms with van der Waals surface area (Å²) in [6, 6.07) is 6.81. The molecule has 32 heavy (non-hydrogen) atoms. The number of fused-ring (bicyclic) bond motifs is 1. The number of aromatic carboxylic acids is 1. The number of benzene rings is 2. The molecule has 0 fully saturated rings. The van der Waals surface area contributed by atoms with Crippen molar-refractivity contribution in [2.45, 2.75) is 19.6 Å². The standard InChI is InChI=1S/C22H20FN3O6/c1-11(27)14-9-12(3-6-15(14)23)4-7-16-19-17(26(25-16)10-18(28)21(24)29)8-5-13(22(30)31)20(19)32-2/h3-9,18,28H,10H2,1-2H3,(H2,24,29)(H,30,31). The Morgan fingerprint density at radius 1 is 1.22 bits per heavy atom. The highest BCUT2D eigenvalue weighted by atomic mass is 19.1. The molecule has 1 aromatic heterocycles. The summed E-state index contributed by atoms with van der Waals surface area (Å²) in [7, 11) is 1.31. The van der Waals surface area contributed by atoms with Crippen LogP contribution in [0.25, 0.3) is 23.1 Å². The molecule has 1 amide bonds. The summed E-state index contributed by atoms with van der Waals surface area (Å²) in [5, 5.41) is 24.1. The lowest BCUT2D eigenvalue weighted by atomic mass is 10.1. The van der Waals surface area contributed by atoms with Crippen LogP contribution in [0.4, 0.5) is 4.39 Å². The maximum absolute atomic E-state index is 13.8. The Morgan fingerprint density at radius 3 is 2.53 bits per heavy atom. The van der Waals surface area contributed by atoms with E-state index < -0.39 is 29.6 Å². The molecule has 1 unspecified atom stereocenters. The number of hydrogen-bond donors (Lipinski definition) is 3. The van der Waals surface area contributed by atoms with Crippen LogP contribution in [0.2, 0.25) is 0 Å². The predicted octanol–water partition coefficient (Wildman–Crippen LogP) is 2.10. The number of halogens is 1. The third-order valence-corrected chi connectivity index (χ3v) is 4.81. The number of nitrogens with zero attached hydrogens (tertiary/aromatic N) is 2. The zero-order chi connectivity index (χ0) is 23.6. The maximum atomic E-state index is 13.8. The number of Topliss-reactive ketones (excluding diaryl/α,β-unsaturated/α-hetero) is 1. The zero-order valence-corrected chi connectivity index (χ0v) is 17.2. The van der Waals surface area contributed by atoms with E-state index in [2.05, 4.69) is 5.10 Å². The van der Waals surface area contributed by atoms with E-state index in [9.17, 15) is 29.0 Å². The summed E-state index contributed by atoms with van der Waals surface area (Å²) in [6.45, 7) is 0.990. The molecule has 4 N–H and O–H groups in total. The van der Waals surface area contributed by atoms with E-state index in [-0.39, 0.29) is 29.1 Å². The normalized spacial score (nSPS) is 12.2. The molecular weight excluding hydrogens is 421 g/mol. The van der Waals surface area contributed by atoms with Crippen LogP contribution in [0.1, 0.15) is 38.9 Å². The van der Waals surface area contributed by atoms with E-state index in [1.54, 1.807) is 6.08 Å². The van der Waals surface area contributed by atoms with E-state index in [0.29, 0.717) is 16.5 Å². The number of carbonyl (C=O) groups is 3. The summed E-state index contributed by atoms with van der Waals surface area (Å²) in [5.41, 5.74) is 6.13. The average molecular weight is 441 g/mol. The van der Waals surface area contributed by atoms with E-state index >= 15 is 0 Å². The molecule has 3 aromatic rings. The second-order valence-electron chi connectivity index (χ2n) is 6.96. The van der Waals surface area contributed by atoms with Crippen LogP contribution in [0, 0.1) is 5.82 Å². The van der Waals surface area contributed by atoms with Crippen LogP contribution in [0.15, 0.2) is 30.3 Å². The first-order valence-electron chi connectivity index (χ1n) is 9.40. The Bertz CT molecular complexity index is 1260. The highest BCUT2D eigenvalue weighted by Gasteiger charge is 2.22. The molecule has 0 aliphatic carbocycles. The lowest BCUT2D eigenvalue weighted by Crippen LogP contribution is -2.32. The van der Waals surface area contributed by atoms with Gasteiger partial charge >= 0.3 is 5.97 Å². The SMILES string of the molecule is COc1c(C(=O)O)ccc2c1c(C=Cc1ccc(F)c(C(C)=O)c1)nn2CC(O)C(N)=O. The first-order chi connectivity index (χ1) is 15.1. The lowest BCUT2D eigenvalue weighted by molar-refractivity contribution is -0.126. The average Bonchev–Trinajstić information content (AvgIpc) is 3.09. The van der Waals surface area contributed by atoms with Crippen molar-refractivity contribution < 1.29 is 33.7 Å². The summed E-state index contributed by atoms with van der Waals surface area (Å²) >= 11 is 0. The second kappa shape index (κ2) is 8.98. The van der Waals surface area contributed by atoms with Crippen molar-refractivity contribution in [1.29, 1.82) is 0 Å². The number of hydrogen-bond acceptors (Lipinski definition) is 6. The molecule has 0 saturated heterocycles. The minimum atomic E-state index is -1.52. The molecule has 1 heterocycles. The van der Waals surface area contributed by atoms with Crippen LogP contribution in [-0.4, -0.2) is 50.9 Å². The number of ketones is 1. The summed E-state index contributed by atoms with van der Waals surface area (Å²) in [4.78, 5) is 34.5. The number of methoxy groups -OCH3 is 1. The first kappa shape index (κ1) is 22.6. The largest absolute Gasteiger partial charge is 0.495 e. The number of carboxylic acid groups (broad SMARTS) is 1. The number of nitrogens with two attached hydrogens (primary N) is 1. The Morgan fingerprint density at radius 2 is 1.94 bits per heavy atom. The van der Waals surface area contributed by atoms with Crippen molar-refractivity contribution in [3.8, 4) is 5.75 Å². The number of aromatic nitrogens is 2. The van der Waals surface area contributed by atoms with Gasteiger partial charge in [-0.1, -0.05) is 12.1 Å². The summed E-state index contributed by atoms with van der Waals surface area (Å²) in [5.74, 6) is -3.19. The van der Waals surface area contributed by atoms with Crippen molar-refractivity contribution in [1.82, 2.24) is 9.78 Å². The highest BCUT2D eigenvalue weighted by molar-refractivity contribution is 6.03. The van der Waals surface area contributed by atoms with Gasteiger partial charge in [0.1, 0.15) is 17.1 Å². The molecule has 0 bridgehead atoms. The third-order valence-electron chi connectivity index (χ3n) is 4.81. The Kier molecular flexibility index (Phi) is 6.35. The number of primary amides is 1. The third kappa shape index (κ3) is 4.35. The van der Waals surface area contributed by atoms with E-state index in [0.717, 1.165) is 0 Å². The summed E-state index contributed by atoms with van der Waals surface area (Å²) < 4.78 is 20.4. The number of carboxylic acids is 1. The number of rotatable bonds is 8. The quantitative estimate of drug-likeness (QED) is 0.454. The number of amides is 1. The molecule has 9 nitrogen and oxygen atoms in total. The molecule has 166 valence electrons. The number of aliphatic hydroxyl groups excluding tert-OH is 1. The van der Waals surface area contributed by atoms with Gasteiger partial charge in [-0.3, -0.25) is 14.3 Å². The fourth-order valence-corrected chi connectivity index (χ4v) is 3.25. The van der Waals surface area contributed by atoms with Crippen molar-refractivity contribution in [3.05, 3.63) is 58.5 Å². The molecule has 0 saturated carbocycles. The van der Waals surface area contributed by atoms with Crippen molar-refractivity contribution >= 4 is 40.7 Å². The van der Waals surface area contributed by atoms with Crippen LogP contribution >= 0.6 is 0 Å². The Balaban J connectivity index is 2.18. The van der Waals surface area contributed by atoms with Crippen molar-refractivity contribution in [2.75, 3.05) is 7.11 Å². The molecule has 3 rings (SSSR count). The van der Waals surface area contributed by atoms with Gasteiger partial charge in [0, 0.05) is 0 Å².